The molecule has 10 heteroatoms. The first-order valence-corrected chi connectivity index (χ1v) is 6.34. The molecule has 1 amide bonds. The molecule has 1 aromatic carbocycles. The van der Waals surface area contributed by atoms with Gasteiger partial charge < -0.3 is 10.2 Å². The molecular formula is C12H9ClF4N2O3. The first-order chi connectivity index (χ1) is 10.2. The van der Waals surface area contributed by atoms with Gasteiger partial charge in [0.25, 0.3) is 0 Å². The second-order valence-corrected chi connectivity index (χ2v) is 4.94. The fraction of sp³-hybridized carbons (Fsp3) is 0.333. The summed E-state index contributed by atoms with van der Waals surface area (Å²) in [5.74, 6) is -4.10. The van der Waals surface area contributed by atoms with Crippen LogP contribution in [0.1, 0.15) is 0 Å². The van der Waals surface area contributed by atoms with Gasteiger partial charge in [-0.05, 0) is 18.2 Å². The molecule has 1 heterocycles. The number of carbonyl (C=O) groups is 2. The van der Waals surface area contributed by atoms with Gasteiger partial charge in [-0.1, -0.05) is 11.6 Å². The molecule has 1 fully saturated rings. The Hall–Kier alpha value is -1.87. The Bertz CT molecular complexity index is 603. The standard InChI is InChI=1S/C12H9ClF4N2O3/c13-8-3-7(14)1-2-9(8)18-10(20)6-4-19(5-6)22-11(21)12(15,16)17/h1-3,6H,4-5H2,(H,18,20). The smallest absolute Gasteiger partial charge is 0.361 e. The Labute approximate surface area is 126 Å². The molecule has 1 aliphatic heterocycles. The van der Waals surface area contributed by atoms with Crippen molar-refractivity contribution in [3.05, 3.63) is 29.0 Å². The largest absolute Gasteiger partial charge is 0.492 e. The van der Waals surface area contributed by atoms with E-state index in [1.165, 1.54) is 6.07 Å². The van der Waals surface area contributed by atoms with Crippen LogP contribution in [0, 0.1) is 11.7 Å². The van der Waals surface area contributed by atoms with E-state index in [1.54, 1.807) is 0 Å². The Morgan fingerprint density at radius 3 is 2.50 bits per heavy atom. The second kappa shape index (κ2) is 6.09. The summed E-state index contributed by atoms with van der Waals surface area (Å²) in [6.07, 6.45) is -5.09. The summed E-state index contributed by atoms with van der Waals surface area (Å²) < 4.78 is 48.7. The van der Waals surface area contributed by atoms with Gasteiger partial charge in [0.15, 0.2) is 0 Å². The summed E-state index contributed by atoms with van der Waals surface area (Å²) >= 11 is 5.73. The molecule has 5 nitrogen and oxygen atoms in total. The lowest BCUT2D eigenvalue weighted by molar-refractivity contribution is -0.256. The topological polar surface area (TPSA) is 58.6 Å². The van der Waals surface area contributed by atoms with Crippen molar-refractivity contribution in [1.29, 1.82) is 0 Å². The van der Waals surface area contributed by atoms with Crippen LogP contribution >= 0.6 is 11.6 Å². The van der Waals surface area contributed by atoms with Crippen LogP contribution in [0.5, 0.6) is 0 Å². The zero-order valence-corrected chi connectivity index (χ0v) is 11.5. The third kappa shape index (κ3) is 3.86. The third-order valence-electron chi connectivity index (χ3n) is 2.85. The van der Waals surface area contributed by atoms with E-state index in [4.69, 9.17) is 11.6 Å². The van der Waals surface area contributed by atoms with Crippen molar-refractivity contribution in [2.75, 3.05) is 18.4 Å². The van der Waals surface area contributed by atoms with E-state index in [9.17, 15) is 27.2 Å². The normalized spacial score (nSPS) is 16.0. The average Bonchev–Trinajstić information content (AvgIpc) is 2.35. The van der Waals surface area contributed by atoms with Crippen molar-refractivity contribution in [3.63, 3.8) is 0 Å². The van der Waals surface area contributed by atoms with E-state index in [0.29, 0.717) is 0 Å². The van der Waals surface area contributed by atoms with Crippen molar-refractivity contribution in [1.82, 2.24) is 5.06 Å². The molecule has 0 atom stereocenters. The lowest BCUT2D eigenvalue weighted by atomic mass is 10.0. The van der Waals surface area contributed by atoms with Gasteiger partial charge in [0.1, 0.15) is 5.82 Å². The van der Waals surface area contributed by atoms with Gasteiger partial charge in [0.2, 0.25) is 5.91 Å². The molecule has 1 aliphatic rings. The number of halogens is 5. The van der Waals surface area contributed by atoms with Crippen LogP contribution in [0.15, 0.2) is 18.2 Å². The highest BCUT2D eigenvalue weighted by molar-refractivity contribution is 6.33. The highest BCUT2D eigenvalue weighted by atomic mass is 35.5. The van der Waals surface area contributed by atoms with E-state index < -0.39 is 29.8 Å². The van der Waals surface area contributed by atoms with Crippen LogP contribution in [0.25, 0.3) is 0 Å². The lowest BCUT2D eigenvalue weighted by Gasteiger charge is -2.35. The second-order valence-electron chi connectivity index (χ2n) is 4.53. The number of nitrogens with one attached hydrogen (secondary N) is 1. The molecule has 0 aromatic heterocycles. The van der Waals surface area contributed by atoms with Crippen LogP contribution in [0.2, 0.25) is 5.02 Å². The number of alkyl halides is 3. The van der Waals surface area contributed by atoms with Crippen LogP contribution < -0.4 is 5.32 Å². The predicted molar refractivity (Wildman–Crippen MR) is 67.2 cm³/mol. The maximum Gasteiger partial charge on any atom is 0.492 e. The summed E-state index contributed by atoms with van der Waals surface area (Å²) in [7, 11) is 0. The summed E-state index contributed by atoms with van der Waals surface area (Å²) in [6, 6.07) is 3.37. The van der Waals surface area contributed by atoms with E-state index in [-0.39, 0.29) is 23.8 Å². The zero-order valence-electron chi connectivity index (χ0n) is 10.8. The zero-order chi connectivity index (χ0) is 16.5. The minimum Gasteiger partial charge on any atom is -0.361 e. The van der Waals surface area contributed by atoms with Gasteiger partial charge >= 0.3 is 12.1 Å². The number of benzene rings is 1. The van der Waals surface area contributed by atoms with Gasteiger partial charge in [-0.3, -0.25) is 4.79 Å². The summed E-state index contributed by atoms with van der Waals surface area (Å²) in [6.45, 7) is -0.348. The quantitative estimate of drug-likeness (QED) is 0.858. The molecule has 22 heavy (non-hydrogen) atoms. The van der Waals surface area contributed by atoms with Gasteiger partial charge in [0, 0.05) is 13.1 Å². The maximum absolute atomic E-state index is 12.8. The molecule has 0 bridgehead atoms. The van der Waals surface area contributed by atoms with E-state index in [2.05, 4.69) is 10.2 Å². The molecule has 2 rings (SSSR count). The van der Waals surface area contributed by atoms with Gasteiger partial charge in [0.05, 0.1) is 16.6 Å². The van der Waals surface area contributed by atoms with E-state index in [1.807, 2.05) is 0 Å². The highest BCUT2D eigenvalue weighted by Gasteiger charge is 2.45. The summed E-state index contributed by atoms with van der Waals surface area (Å²) in [5.41, 5.74) is 0.179. The number of amides is 1. The van der Waals surface area contributed by atoms with Gasteiger partial charge in [-0.2, -0.15) is 13.2 Å². The SMILES string of the molecule is O=C(Nc1ccc(F)cc1Cl)C1CN(OC(=O)C(F)(F)F)C1. The number of nitrogens with zero attached hydrogens (tertiary/aromatic N) is 1. The van der Waals surface area contributed by atoms with Crippen LogP contribution in [0.4, 0.5) is 23.2 Å². The maximum atomic E-state index is 12.8. The number of hydrogen-bond donors (Lipinski definition) is 1. The molecule has 0 saturated carbocycles. The molecule has 0 unspecified atom stereocenters. The molecule has 1 N–H and O–H groups in total. The third-order valence-corrected chi connectivity index (χ3v) is 3.16. The number of hydroxylamine groups is 2. The summed E-state index contributed by atoms with van der Waals surface area (Å²) in [5, 5.41) is 3.14. The molecule has 0 aliphatic carbocycles. The molecule has 1 saturated heterocycles. The average molecular weight is 341 g/mol. The fourth-order valence-corrected chi connectivity index (χ4v) is 1.89. The first kappa shape index (κ1) is 16.5. The number of carbonyl (C=O) groups excluding carboxylic acids is 2. The Morgan fingerprint density at radius 1 is 1.32 bits per heavy atom. The molecule has 0 radical (unpaired) electrons. The van der Waals surface area contributed by atoms with Crippen LogP contribution in [-0.4, -0.2) is 36.2 Å². The monoisotopic (exact) mass is 340 g/mol. The van der Waals surface area contributed by atoms with Crippen LogP contribution in [0.3, 0.4) is 0 Å². The molecular weight excluding hydrogens is 332 g/mol. The predicted octanol–water partition coefficient (Wildman–Crippen LogP) is 2.37. The Kier molecular flexibility index (Phi) is 4.57. The van der Waals surface area contributed by atoms with Crippen molar-refractivity contribution < 1.29 is 32.0 Å². The number of rotatable bonds is 3. The first-order valence-electron chi connectivity index (χ1n) is 5.97. The number of hydrogen-bond acceptors (Lipinski definition) is 4. The minimum atomic E-state index is -5.09. The fourth-order valence-electron chi connectivity index (χ4n) is 1.67. The highest BCUT2D eigenvalue weighted by Crippen LogP contribution is 2.26. The van der Waals surface area contributed by atoms with Crippen molar-refractivity contribution in [2.24, 2.45) is 5.92 Å². The number of anilines is 1. The van der Waals surface area contributed by atoms with Gasteiger partial charge in [-0.25, -0.2) is 9.18 Å². The van der Waals surface area contributed by atoms with Crippen molar-refractivity contribution in [3.8, 4) is 0 Å². The van der Waals surface area contributed by atoms with E-state index >= 15 is 0 Å². The Balaban J connectivity index is 1.83. The molecule has 120 valence electrons. The van der Waals surface area contributed by atoms with Crippen LogP contribution in [-0.2, 0) is 14.4 Å². The summed E-state index contributed by atoms with van der Waals surface area (Å²) in [4.78, 5) is 26.4. The van der Waals surface area contributed by atoms with E-state index in [0.717, 1.165) is 17.2 Å². The van der Waals surface area contributed by atoms with Crippen molar-refractivity contribution in [2.45, 2.75) is 6.18 Å². The minimum absolute atomic E-state index is 0.00645. The lowest BCUT2D eigenvalue weighted by Crippen LogP contribution is -2.53. The Morgan fingerprint density at radius 2 is 1.95 bits per heavy atom. The molecule has 1 aromatic rings. The molecule has 0 spiro atoms. The van der Waals surface area contributed by atoms with Crippen molar-refractivity contribution >= 4 is 29.2 Å². The van der Waals surface area contributed by atoms with Gasteiger partial charge in [-0.15, -0.1) is 5.06 Å².